The minimum absolute atomic E-state index is 0.00166. The molecule has 0 amide bonds. The fourth-order valence-electron chi connectivity index (χ4n) is 3.42. The number of unbranched alkanes of at least 4 members (excludes halogenated alkanes) is 15. The van der Waals surface area contributed by atoms with Gasteiger partial charge in [-0.3, -0.25) is 4.57 Å². The molecule has 1 N–H and O–H groups in total. The molecule has 0 aliphatic carbocycles. The van der Waals surface area contributed by atoms with Gasteiger partial charge >= 0.3 is 5.97 Å². The van der Waals surface area contributed by atoms with Crippen LogP contribution in [0.1, 0.15) is 117 Å². The van der Waals surface area contributed by atoms with Gasteiger partial charge in [0.25, 0.3) is 0 Å². The molecule has 1 atom stereocenters. The Morgan fingerprint density at radius 1 is 0.759 bits per heavy atom. The van der Waals surface area contributed by atoms with Crippen LogP contribution in [0.4, 0.5) is 0 Å². The minimum Gasteiger partial charge on any atom is -0.462 e. The lowest BCUT2D eigenvalue weighted by molar-refractivity contribution is -0.138. The smallest absolute Gasteiger partial charge is 0.333 e. The maximum Gasteiger partial charge on any atom is 0.333 e. The summed E-state index contributed by atoms with van der Waals surface area (Å²) in [5.74, 6) is -0.493. The van der Waals surface area contributed by atoms with Crippen molar-refractivity contribution in [2.45, 2.75) is 117 Å². The van der Waals surface area contributed by atoms with Gasteiger partial charge in [-0.05, 0) is 13.3 Å². The van der Waals surface area contributed by atoms with E-state index in [0.717, 1.165) is 19.3 Å². The van der Waals surface area contributed by atoms with E-state index >= 15 is 0 Å². The van der Waals surface area contributed by atoms with E-state index < -0.39 is 13.3 Å². The highest BCUT2D eigenvalue weighted by Crippen LogP contribution is 2.41. The van der Waals surface area contributed by atoms with Gasteiger partial charge in [0.05, 0.1) is 6.16 Å². The zero-order valence-corrected chi connectivity index (χ0v) is 20.2. The van der Waals surface area contributed by atoms with Crippen molar-refractivity contribution in [3.63, 3.8) is 0 Å². The van der Waals surface area contributed by atoms with Crippen molar-refractivity contribution in [3.05, 3.63) is 12.2 Å². The number of rotatable bonds is 21. The fourth-order valence-corrected chi connectivity index (χ4v) is 4.74. The molecular weight excluding hydrogens is 383 g/mol. The molecule has 0 radical (unpaired) electrons. The summed E-state index contributed by atoms with van der Waals surface area (Å²) >= 11 is 0. The molecule has 0 rings (SSSR count). The highest BCUT2D eigenvalue weighted by Gasteiger charge is 2.18. The molecule has 0 spiro atoms. The molecule has 4 nitrogen and oxygen atoms in total. The van der Waals surface area contributed by atoms with Gasteiger partial charge in [0.15, 0.2) is 0 Å². The molecular formula is C24H47O4P. The summed E-state index contributed by atoms with van der Waals surface area (Å²) in [5, 5.41) is 0. The van der Waals surface area contributed by atoms with E-state index in [1.807, 2.05) is 0 Å². The zero-order valence-electron chi connectivity index (χ0n) is 19.3. The first-order valence-corrected chi connectivity index (χ1v) is 14.1. The normalized spacial score (nSPS) is 13.2. The first-order chi connectivity index (χ1) is 13.9. The lowest BCUT2D eigenvalue weighted by Gasteiger charge is -2.11. The van der Waals surface area contributed by atoms with Crippen molar-refractivity contribution >= 4 is 13.3 Å². The van der Waals surface area contributed by atoms with E-state index in [-0.39, 0.29) is 12.8 Å². The number of hydrogen-bond donors (Lipinski definition) is 1. The summed E-state index contributed by atoms with van der Waals surface area (Å²) in [4.78, 5) is 21.2. The van der Waals surface area contributed by atoms with Gasteiger partial charge < -0.3 is 9.63 Å². The molecule has 0 aromatic carbocycles. The van der Waals surface area contributed by atoms with Crippen LogP contribution in [0.2, 0.25) is 0 Å². The molecule has 0 heterocycles. The summed E-state index contributed by atoms with van der Waals surface area (Å²) in [6.07, 6.45) is 21.0. The van der Waals surface area contributed by atoms with E-state index in [2.05, 4.69) is 13.5 Å². The van der Waals surface area contributed by atoms with Crippen LogP contribution in [-0.2, 0) is 14.1 Å². The number of esters is 1. The number of carbonyl (C=O) groups excluding carboxylic acids is 1. The third-order valence-electron chi connectivity index (χ3n) is 5.38. The van der Waals surface area contributed by atoms with E-state index in [1.165, 1.54) is 83.5 Å². The predicted molar refractivity (Wildman–Crippen MR) is 125 cm³/mol. The monoisotopic (exact) mass is 430 g/mol. The summed E-state index contributed by atoms with van der Waals surface area (Å²) in [5.41, 5.74) is 0.315. The van der Waals surface area contributed by atoms with Crippen molar-refractivity contribution in [2.24, 2.45) is 0 Å². The van der Waals surface area contributed by atoms with Crippen molar-refractivity contribution in [2.75, 3.05) is 18.9 Å². The van der Waals surface area contributed by atoms with Gasteiger partial charge in [-0.25, -0.2) is 4.79 Å². The average Bonchev–Trinajstić information content (AvgIpc) is 2.67. The van der Waals surface area contributed by atoms with Crippen molar-refractivity contribution < 1.29 is 19.0 Å². The van der Waals surface area contributed by atoms with Crippen LogP contribution < -0.4 is 0 Å². The maximum atomic E-state index is 12.1. The number of ether oxygens (including phenoxy) is 1. The molecule has 0 aromatic heterocycles. The van der Waals surface area contributed by atoms with E-state index in [4.69, 9.17) is 4.74 Å². The number of hydrogen-bond acceptors (Lipinski definition) is 3. The molecule has 5 heteroatoms. The highest BCUT2D eigenvalue weighted by molar-refractivity contribution is 7.58. The summed E-state index contributed by atoms with van der Waals surface area (Å²) in [6, 6.07) is 0. The zero-order chi connectivity index (χ0) is 21.8. The second kappa shape index (κ2) is 19.4. The van der Waals surface area contributed by atoms with Crippen molar-refractivity contribution in [1.29, 1.82) is 0 Å². The summed E-state index contributed by atoms with van der Waals surface area (Å²) in [7, 11) is -3.17. The van der Waals surface area contributed by atoms with Gasteiger partial charge in [-0.1, -0.05) is 110 Å². The average molecular weight is 431 g/mol. The van der Waals surface area contributed by atoms with Crippen LogP contribution in [0.5, 0.6) is 0 Å². The quantitative estimate of drug-likeness (QED) is 0.0879. The largest absolute Gasteiger partial charge is 0.462 e. The van der Waals surface area contributed by atoms with Gasteiger partial charge in [-0.15, -0.1) is 0 Å². The summed E-state index contributed by atoms with van der Waals surface area (Å²) in [6.45, 7) is 7.32. The first-order valence-electron chi connectivity index (χ1n) is 12.0. The molecule has 0 saturated carbocycles. The fraction of sp³-hybridized carbons (Fsp3) is 0.875. The molecule has 172 valence electrons. The van der Waals surface area contributed by atoms with Crippen LogP contribution >= 0.6 is 7.37 Å². The molecule has 0 fully saturated rings. The predicted octanol–water partition coefficient (Wildman–Crippen LogP) is 7.64. The third kappa shape index (κ3) is 20.5. The Bertz CT molecular complexity index is 462. The molecule has 0 aliphatic heterocycles. The Morgan fingerprint density at radius 2 is 1.14 bits per heavy atom. The lowest BCUT2D eigenvalue weighted by Crippen LogP contribution is -2.10. The highest BCUT2D eigenvalue weighted by atomic mass is 31.2. The molecule has 0 saturated heterocycles. The molecule has 0 aliphatic rings. The molecule has 29 heavy (non-hydrogen) atoms. The van der Waals surface area contributed by atoms with Crippen LogP contribution in [0, 0.1) is 0 Å². The van der Waals surface area contributed by atoms with E-state index in [1.54, 1.807) is 6.92 Å². The standard InChI is InChI=1S/C24H47O4P/c1-4-5-6-7-8-9-10-11-12-13-14-15-16-17-18-19-21-29(26,27)22-20-28-24(25)23(2)3/h2,4-22H2,1,3H3,(H,26,27). The van der Waals surface area contributed by atoms with Gasteiger partial charge in [0.2, 0.25) is 7.37 Å². The second-order valence-corrected chi connectivity index (χ2v) is 11.1. The van der Waals surface area contributed by atoms with Crippen LogP contribution in [0.25, 0.3) is 0 Å². The molecule has 1 unspecified atom stereocenters. The SMILES string of the molecule is C=C(C)C(=O)OCCP(=O)(O)CCCCCCCCCCCCCCCCCC. The van der Waals surface area contributed by atoms with Gasteiger partial charge in [-0.2, -0.15) is 0 Å². The molecule has 0 bridgehead atoms. The van der Waals surface area contributed by atoms with Gasteiger partial charge in [0, 0.05) is 11.7 Å². The summed E-state index contributed by atoms with van der Waals surface area (Å²) < 4.78 is 17.0. The maximum absolute atomic E-state index is 12.1. The Labute approximate surface area is 180 Å². The third-order valence-corrected chi connectivity index (χ3v) is 7.28. The van der Waals surface area contributed by atoms with Gasteiger partial charge in [0.1, 0.15) is 6.61 Å². The number of carbonyl (C=O) groups is 1. The Kier molecular flexibility index (Phi) is 19.0. The Balaban J connectivity index is 3.34. The van der Waals surface area contributed by atoms with E-state index in [9.17, 15) is 14.3 Å². The lowest BCUT2D eigenvalue weighted by atomic mass is 10.0. The first kappa shape index (κ1) is 28.4. The van der Waals surface area contributed by atoms with Crippen molar-refractivity contribution in [1.82, 2.24) is 0 Å². The van der Waals surface area contributed by atoms with Crippen LogP contribution in [-0.4, -0.2) is 29.8 Å². The minimum atomic E-state index is -3.17. The second-order valence-electron chi connectivity index (χ2n) is 8.51. The van der Waals surface area contributed by atoms with Crippen LogP contribution in [0.15, 0.2) is 12.2 Å². The Hall–Kier alpha value is -0.600. The van der Waals surface area contributed by atoms with Crippen LogP contribution in [0.3, 0.4) is 0 Å². The topological polar surface area (TPSA) is 63.6 Å². The van der Waals surface area contributed by atoms with Crippen molar-refractivity contribution in [3.8, 4) is 0 Å². The Morgan fingerprint density at radius 3 is 1.52 bits per heavy atom. The van der Waals surface area contributed by atoms with E-state index in [0.29, 0.717) is 11.7 Å². The molecule has 0 aromatic rings.